The first-order valence-electron chi connectivity index (χ1n) is 7.25. The van der Waals surface area contributed by atoms with Crippen LogP contribution in [0.1, 0.15) is 19.5 Å². The van der Waals surface area contributed by atoms with Gasteiger partial charge in [-0.2, -0.15) is 0 Å². The number of anilines is 1. The minimum atomic E-state index is -0.252. The van der Waals surface area contributed by atoms with Crippen molar-refractivity contribution in [2.24, 2.45) is 11.7 Å². The van der Waals surface area contributed by atoms with Gasteiger partial charge < -0.3 is 15.8 Å². The largest absolute Gasteiger partial charge is 0.487 e. The summed E-state index contributed by atoms with van der Waals surface area (Å²) in [5.74, 6) is 0.326. The van der Waals surface area contributed by atoms with E-state index in [2.05, 4.69) is 10.3 Å². The van der Waals surface area contributed by atoms with Crippen molar-refractivity contribution in [1.82, 2.24) is 4.98 Å². The van der Waals surface area contributed by atoms with Crippen LogP contribution in [0.25, 0.3) is 0 Å². The molecule has 0 bridgehead atoms. The molecule has 0 saturated carbocycles. The molecule has 1 aromatic heterocycles. The number of nitrogens with one attached hydrogen (secondary N) is 1. The van der Waals surface area contributed by atoms with Crippen molar-refractivity contribution < 1.29 is 9.53 Å². The monoisotopic (exact) mass is 371 g/mol. The van der Waals surface area contributed by atoms with Gasteiger partial charge in [0.1, 0.15) is 12.4 Å². The van der Waals surface area contributed by atoms with Crippen LogP contribution in [0.5, 0.6) is 5.75 Å². The summed E-state index contributed by atoms with van der Waals surface area (Å²) in [5.41, 5.74) is 7.28. The van der Waals surface area contributed by atoms with Crippen LogP contribution >= 0.6 is 24.8 Å². The van der Waals surface area contributed by atoms with Gasteiger partial charge in [-0.25, -0.2) is 0 Å². The number of pyridine rings is 1. The molecule has 2 rings (SSSR count). The van der Waals surface area contributed by atoms with Crippen molar-refractivity contribution in [2.75, 3.05) is 5.32 Å². The Morgan fingerprint density at radius 1 is 1.21 bits per heavy atom. The third-order valence-electron chi connectivity index (χ3n) is 3.42. The molecule has 2 aromatic rings. The van der Waals surface area contributed by atoms with Crippen LogP contribution in [0.15, 0.2) is 48.7 Å². The molecule has 7 heteroatoms. The van der Waals surface area contributed by atoms with Gasteiger partial charge in [0.15, 0.2) is 0 Å². The minimum Gasteiger partial charge on any atom is -0.487 e. The van der Waals surface area contributed by atoms with E-state index in [1.807, 2.05) is 43.3 Å². The van der Waals surface area contributed by atoms with Crippen LogP contribution in [-0.2, 0) is 11.4 Å². The quantitative estimate of drug-likeness (QED) is 0.815. The van der Waals surface area contributed by atoms with Crippen LogP contribution in [0.2, 0.25) is 0 Å². The van der Waals surface area contributed by atoms with Gasteiger partial charge in [-0.3, -0.25) is 9.78 Å². The highest BCUT2D eigenvalue weighted by Gasteiger charge is 2.17. The number of nitrogens with two attached hydrogens (primary N) is 1. The van der Waals surface area contributed by atoms with E-state index in [0.717, 1.165) is 5.69 Å². The van der Waals surface area contributed by atoms with Gasteiger partial charge in [0, 0.05) is 24.0 Å². The number of nitrogens with zero attached hydrogens (tertiary/aromatic N) is 1. The Morgan fingerprint density at radius 3 is 2.58 bits per heavy atom. The fourth-order valence-corrected chi connectivity index (χ4v) is 1.80. The van der Waals surface area contributed by atoms with E-state index in [-0.39, 0.29) is 42.7 Å². The maximum absolute atomic E-state index is 12.0. The van der Waals surface area contributed by atoms with Crippen LogP contribution in [0.4, 0.5) is 5.69 Å². The Bertz CT molecular complexity index is 624. The van der Waals surface area contributed by atoms with E-state index in [4.69, 9.17) is 10.5 Å². The number of ether oxygens (including phenoxy) is 1. The van der Waals surface area contributed by atoms with Gasteiger partial charge >= 0.3 is 0 Å². The van der Waals surface area contributed by atoms with Crippen molar-refractivity contribution in [3.63, 3.8) is 0 Å². The fraction of sp³-hybridized carbons (Fsp3) is 0.294. The predicted octanol–water partition coefficient (Wildman–Crippen LogP) is 3.43. The summed E-state index contributed by atoms with van der Waals surface area (Å²) in [6, 6.07) is 12.8. The van der Waals surface area contributed by atoms with Gasteiger partial charge in [0.2, 0.25) is 5.91 Å². The molecule has 132 valence electrons. The summed E-state index contributed by atoms with van der Waals surface area (Å²) in [5, 5.41) is 2.85. The maximum atomic E-state index is 12.0. The van der Waals surface area contributed by atoms with Crippen molar-refractivity contribution in [2.45, 2.75) is 26.5 Å². The molecule has 1 aromatic carbocycles. The number of benzene rings is 1. The summed E-state index contributed by atoms with van der Waals surface area (Å²) < 4.78 is 5.68. The lowest BCUT2D eigenvalue weighted by Gasteiger charge is -2.15. The molecule has 0 aliphatic rings. The molecular weight excluding hydrogens is 349 g/mol. The number of hydrogen-bond acceptors (Lipinski definition) is 4. The summed E-state index contributed by atoms with van der Waals surface area (Å²) in [6.45, 7) is 4.01. The third-order valence-corrected chi connectivity index (χ3v) is 3.42. The van der Waals surface area contributed by atoms with Gasteiger partial charge in [-0.15, -0.1) is 24.8 Å². The van der Waals surface area contributed by atoms with Crippen LogP contribution in [0, 0.1) is 5.92 Å². The number of halogens is 2. The molecule has 1 amide bonds. The molecule has 0 aliphatic heterocycles. The number of amides is 1. The summed E-state index contributed by atoms with van der Waals surface area (Å²) in [6.07, 6.45) is 1.73. The van der Waals surface area contributed by atoms with Crippen LogP contribution < -0.4 is 15.8 Å². The predicted molar refractivity (Wildman–Crippen MR) is 101 cm³/mol. The summed E-state index contributed by atoms with van der Waals surface area (Å²) >= 11 is 0. The Labute approximate surface area is 154 Å². The first-order valence-corrected chi connectivity index (χ1v) is 7.25. The molecule has 0 radical (unpaired) electrons. The molecule has 2 atom stereocenters. The molecule has 5 nitrogen and oxygen atoms in total. The maximum Gasteiger partial charge on any atom is 0.228 e. The van der Waals surface area contributed by atoms with Crippen molar-refractivity contribution >= 4 is 36.4 Å². The number of aromatic nitrogens is 1. The second-order valence-corrected chi connectivity index (χ2v) is 5.27. The third kappa shape index (κ3) is 6.74. The number of carbonyl (C=O) groups excluding carboxylic acids is 1. The minimum absolute atomic E-state index is 0. The number of rotatable bonds is 6. The highest BCUT2D eigenvalue weighted by Crippen LogP contribution is 2.19. The lowest BCUT2D eigenvalue weighted by Crippen LogP contribution is -2.34. The molecule has 0 saturated heterocycles. The highest BCUT2D eigenvalue weighted by molar-refractivity contribution is 5.92. The molecule has 0 aliphatic carbocycles. The molecule has 0 spiro atoms. The van der Waals surface area contributed by atoms with Gasteiger partial charge in [-0.05, 0) is 31.2 Å². The average Bonchev–Trinajstić information content (AvgIpc) is 2.53. The Hall–Kier alpha value is -1.82. The zero-order chi connectivity index (χ0) is 15.9. The average molecular weight is 372 g/mol. The molecule has 1 heterocycles. The van der Waals surface area contributed by atoms with E-state index >= 15 is 0 Å². The second-order valence-electron chi connectivity index (χ2n) is 5.27. The van der Waals surface area contributed by atoms with Gasteiger partial charge in [0.25, 0.3) is 0 Å². The number of hydrogen-bond donors (Lipinski definition) is 2. The second kappa shape index (κ2) is 10.9. The SMILES string of the molecule is CC(N)C(C)C(=O)Nc1cccc(OCc2ccccn2)c1.Cl.Cl. The topological polar surface area (TPSA) is 77.2 Å². The van der Waals surface area contributed by atoms with Crippen molar-refractivity contribution in [3.05, 3.63) is 54.4 Å². The molecule has 24 heavy (non-hydrogen) atoms. The lowest BCUT2D eigenvalue weighted by atomic mass is 10.0. The molecular formula is C17H23Cl2N3O2. The van der Waals surface area contributed by atoms with Gasteiger partial charge in [0.05, 0.1) is 11.6 Å². The normalized spacial score (nSPS) is 12.1. The van der Waals surface area contributed by atoms with Crippen LogP contribution in [-0.4, -0.2) is 16.9 Å². The first-order chi connectivity index (χ1) is 10.6. The fourth-order valence-electron chi connectivity index (χ4n) is 1.80. The van der Waals surface area contributed by atoms with E-state index in [9.17, 15) is 4.79 Å². The smallest absolute Gasteiger partial charge is 0.228 e. The van der Waals surface area contributed by atoms with E-state index in [1.54, 1.807) is 19.2 Å². The Balaban J connectivity index is 0.00000264. The van der Waals surface area contributed by atoms with E-state index < -0.39 is 0 Å². The zero-order valence-electron chi connectivity index (χ0n) is 13.6. The standard InChI is InChI=1S/C17H21N3O2.2ClH/c1-12(13(2)18)17(21)20-14-7-5-8-16(10-14)22-11-15-6-3-4-9-19-15;;/h3-10,12-13H,11,18H2,1-2H3,(H,20,21);2*1H. The van der Waals surface area contributed by atoms with E-state index in [1.165, 1.54) is 0 Å². The van der Waals surface area contributed by atoms with E-state index in [0.29, 0.717) is 18.0 Å². The molecule has 0 fully saturated rings. The number of carbonyl (C=O) groups is 1. The van der Waals surface area contributed by atoms with Gasteiger partial charge in [-0.1, -0.05) is 19.1 Å². The molecule has 3 N–H and O–H groups in total. The lowest BCUT2D eigenvalue weighted by molar-refractivity contribution is -0.119. The zero-order valence-corrected chi connectivity index (χ0v) is 15.3. The Kier molecular flexibility index (Phi) is 10.0. The van der Waals surface area contributed by atoms with Crippen LogP contribution in [0.3, 0.4) is 0 Å². The highest BCUT2D eigenvalue weighted by atomic mass is 35.5. The molecule has 2 unspecified atom stereocenters. The Morgan fingerprint density at radius 2 is 1.96 bits per heavy atom. The first kappa shape index (κ1) is 22.2. The summed E-state index contributed by atoms with van der Waals surface area (Å²) in [4.78, 5) is 16.2. The van der Waals surface area contributed by atoms with Crippen molar-refractivity contribution in [3.8, 4) is 5.75 Å². The summed E-state index contributed by atoms with van der Waals surface area (Å²) in [7, 11) is 0. The van der Waals surface area contributed by atoms with Crippen molar-refractivity contribution in [1.29, 1.82) is 0 Å².